The van der Waals surface area contributed by atoms with Crippen LogP contribution in [0.15, 0.2) is 18.2 Å². The van der Waals surface area contributed by atoms with Crippen LogP contribution in [0.5, 0.6) is 5.75 Å². The van der Waals surface area contributed by atoms with Gasteiger partial charge in [-0.3, -0.25) is 0 Å². The van der Waals surface area contributed by atoms with Gasteiger partial charge in [0, 0.05) is 24.8 Å². The Morgan fingerprint density at radius 3 is 2.86 bits per heavy atom. The van der Waals surface area contributed by atoms with Gasteiger partial charge in [-0.15, -0.1) is 0 Å². The highest BCUT2D eigenvalue weighted by atomic mass is 35.5. The van der Waals surface area contributed by atoms with E-state index in [1.807, 2.05) is 18.2 Å². The number of hydrogen-bond acceptors (Lipinski definition) is 3. The first-order chi connectivity index (χ1) is 6.79. The number of nitrogens with one attached hydrogen (secondary N) is 2. The van der Waals surface area contributed by atoms with Crippen molar-refractivity contribution >= 4 is 17.3 Å². The molecule has 0 aliphatic carbocycles. The van der Waals surface area contributed by atoms with Crippen LogP contribution in [0.3, 0.4) is 0 Å². The van der Waals surface area contributed by atoms with Gasteiger partial charge >= 0.3 is 0 Å². The minimum Gasteiger partial charge on any atom is -0.495 e. The molecule has 1 heterocycles. The standard InChI is InChI=1S/C10H13ClN2O/c1-14-10-4-7(2-3-9(10)11)13-8-5-12-6-8/h2-4,8,12-13H,5-6H2,1H3. The number of ether oxygens (including phenoxy) is 1. The maximum absolute atomic E-state index is 5.92. The molecule has 0 unspecified atom stereocenters. The fraction of sp³-hybridized carbons (Fsp3) is 0.400. The predicted molar refractivity (Wildman–Crippen MR) is 58.3 cm³/mol. The zero-order chi connectivity index (χ0) is 9.97. The van der Waals surface area contributed by atoms with Gasteiger partial charge < -0.3 is 15.4 Å². The van der Waals surface area contributed by atoms with E-state index in [9.17, 15) is 0 Å². The van der Waals surface area contributed by atoms with Crippen LogP contribution >= 0.6 is 11.6 Å². The fourth-order valence-corrected chi connectivity index (χ4v) is 1.57. The molecule has 1 aromatic rings. The van der Waals surface area contributed by atoms with Crippen molar-refractivity contribution in [1.29, 1.82) is 0 Å². The molecule has 0 amide bonds. The molecule has 0 atom stereocenters. The Morgan fingerprint density at radius 1 is 1.50 bits per heavy atom. The summed E-state index contributed by atoms with van der Waals surface area (Å²) in [6.45, 7) is 2.04. The Balaban J connectivity index is 2.09. The predicted octanol–water partition coefficient (Wildman–Crippen LogP) is 1.73. The number of methoxy groups -OCH3 is 1. The zero-order valence-corrected chi connectivity index (χ0v) is 8.77. The van der Waals surface area contributed by atoms with Crippen LogP contribution in [0.2, 0.25) is 5.02 Å². The Labute approximate surface area is 88.4 Å². The maximum Gasteiger partial charge on any atom is 0.139 e. The first kappa shape index (κ1) is 9.62. The summed E-state index contributed by atoms with van der Waals surface area (Å²) >= 11 is 5.92. The summed E-state index contributed by atoms with van der Waals surface area (Å²) in [6.07, 6.45) is 0. The molecule has 4 heteroatoms. The van der Waals surface area contributed by atoms with Crippen LogP contribution in [0, 0.1) is 0 Å². The van der Waals surface area contributed by atoms with E-state index in [4.69, 9.17) is 16.3 Å². The maximum atomic E-state index is 5.92. The van der Waals surface area contributed by atoms with Gasteiger partial charge in [0.25, 0.3) is 0 Å². The molecule has 2 rings (SSSR count). The van der Waals surface area contributed by atoms with Crippen molar-refractivity contribution in [3.63, 3.8) is 0 Å². The lowest BCUT2D eigenvalue weighted by atomic mass is 10.1. The molecule has 0 bridgehead atoms. The average Bonchev–Trinajstić information content (AvgIpc) is 2.14. The van der Waals surface area contributed by atoms with Crippen molar-refractivity contribution in [3.05, 3.63) is 23.2 Å². The van der Waals surface area contributed by atoms with Crippen molar-refractivity contribution in [2.45, 2.75) is 6.04 Å². The molecule has 1 fully saturated rings. The second-order valence-corrected chi connectivity index (χ2v) is 3.76. The van der Waals surface area contributed by atoms with Crippen molar-refractivity contribution in [2.75, 3.05) is 25.5 Å². The average molecular weight is 213 g/mol. The summed E-state index contributed by atoms with van der Waals surface area (Å²) < 4.78 is 5.13. The molecule has 0 radical (unpaired) electrons. The highest BCUT2D eigenvalue weighted by Gasteiger charge is 2.16. The SMILES string of the molecule is COc1cc(NC2CNC2)ccc1Cl. The van der Waals surface area contributed by atoms with Crippen molar-refractivity contribution in [1.82, 2.24) is 5.32 Å². The second-order valence-electron chi connectivity index (χ2n) is 3.35. The summed E-state index contributed by atoms with van der Waals surface area (Å²) in [5, 5.41) is 7.22. The van der Waals surface area contributed by atoms with Crippen LogP contribution in [0.1, 0.15) is 0 Å². The lowest BCUT2D eigenvalue weighted by Gasteiger charge is -2.29. The number of anilines is 1. The van der Waals surface area contributed by atoms with Crippen LogP contribution in [-0.2, 0) is 0 Å². The molecule has 1 aromatic carbocycles. The lowest BCUT2D eigenvalue weighted by Crippen LogP contribution is -2.51. The Hall–Kier alpha value is -0.930. The van der Waals surface area contributed by atoms with Gasteiger partial charge in [0.2, 0.25) is 0 Å². The third-order valence-electron chi connectivity index (χ3n) is 2.30. The van der Waals surface area contributed by atoms with E-state index < -0.39 is 0 Å². The molecule has 1 saturated heterocycles. The Bertz CT molecular complexity index is 326. The largest absolute Gasteiger partial charge is 0.495 e. The highest BCUT2D eigenvalue weighted by molar-refractivity contribution is 6.32. The summed E-state index contributed by atoms with van der Waals surface area (Å²) in [5.74, 6) is 0.712. The number of hydrogen-bond donors (Lipinski definition) is 2. The summed E-state index contributed by atoms with van der Waals surface area (Å²) in [5.41, 5.74) is 1.05. The molecule has 76 valence electrons. The fourth-order valence-electron chi connectivity index (χ4n) is 1.38. The molecule has 0 saturated carbocycles. The topological polar surface area (TPSA) is 33.3 Å². The minimum atomic E-state index is 0.529. The lowest BCUT2D eigenvalue weighted by molar-refractivity contribution is 0.415. The normalized spacial score (nSPS) is 16.1. The van der Waals surface area contributed by atoms with Gasteiger partial charge in [0.15, 0.2) is 0 Å². The molecule has 0 spiro atoms. The van der Waals surface area contributed by atoms with Crippen LogP contribution in [-0.4, -0.2) is 26.2 Å². The monoisotopic (exact) mass is 212 g/mol. The van der Waals surface area contributed by atoms with E-state index in [0.717, 1.165) is 18.8 Å². The van der Waals surface area contributed by atoms with Crippen LogP contribution in [0.4, 0.5) is 5.69 Å². The minimum absolute atomic E-state index is 0.529. The van der Waals surface area contributed by atoms with Crippen molar-refractivity contribution in [3.8, 4) is 5.75 Å². The van der Waals surface area contributed by atoms with E-state index in [-0.39, 0.29) is 0 Å². The zero-order valence-electron chi connectivity index (χ0n) is 8.01. The van der Waals surface area contributed by atoms with E-state index in [0.29, 0.717) is 16.8 Å². The molecule has 14 heavy (non-hydrogen) atoms. The molecule has 0 aromatic heterocycles. The molecular weight excluding hydrogens is 200 g/mol. The first-order valence-electron chi connectivity index (χ1n) is 4.60. The number of halogens is 1. The van der Waals surface area contributed by atoms with E-state index >= 15 is 0 Å². The van der Waals surface area contributed by atoms with Gasteiger partial charge in [0.05, 0.1) is 18.2 Å². The van der Waals surface area contributed by atoms with Crippen LogP contribution in [0.25, 0.3) is 0 Å². The quantitative estimate of drug-likeness (QED) is 0.801. The van der Waals surface area contributed by atoms with Gasteiger partial charge in [0.1, 0.15) is 5.75 Å². The van der Waals surface area contributed by atoms with Gasteiger partial charge in [-0.25, -0.2) is 0 Å². The van der Waals surface area contributed by atoms with Crippen molar-refractivity contribution in [2.24, 2.45) is 0 Å². The Kier molecular flexibility index (Phi) is 2.79. The molecule has 2 N–H and O–H groups in total. The van der Waals surface area contributed by atoms with Crippen molar-refractivity contribution < 1.29 is 4.74 Å². The van der Waals surface area contributed by atoms with Gasteiger partial charge in [-0.05, 0) is 12.1 Å². The van der Waals surface area contributed by atoms with Gasteiger partial charge in [-0.1, -0.05) is 11.6 Å². The number of benzene rings is 1. The smallest absolute Gasteiger partial charge is 0.139 e. The summed E-state index contributed by atoms with van der Waals surface area (Å²) in [6, 6.07) is 6.25. The third kappa shape index (κ3) is 1.94. The second kappa shape index (κ2) is 4.07. The van der Waals surface area contributed by atoms with E-state index in [1.165, 1.54) is 0 Å². The summed E-state index contributed by atoms with van der Waals surface area (Å²) in [7, 11) is 1.62. The number of rotatable bonds is 3. The molecule has 1 aliphatic heterocycles. The van der Waals surface area contributed by atoms with Gasteiger partial charge in [-0.2, -0.15) is 0 Å². The Morgan fingerprint density at radius 2 is 2.29 bits per heavy atom. The highest BCUT2D eigenvalue weighted by Crippen LogP contribution is 2.27. The van der Waals surface area contributed by atoms with Crippen LogP contribution < -0.4 is 15.4 Å². The van der Waals surface area contributed by atoms with E-state index in [2.05, 4.69) is 10.6 Å². The summed E-state index contributed by atoms with van der Waals surface area (Å²) in [4.78, 5) is 0. The third-order valence-corrected chi connectivity index (χ3v) is 2.62. The molecule has 3 nitrogen and oxygen atoms in total. The molecule has 1 aliphatic rings. The van der Waals surface area contributed by atoms with E-state index in [1.54, 1.807) is 7.11 Å². The first-order valence-corrected chi connectivity index (χ1v) is 4.98. The molecular formula is C10H13ClN2O.